The number of nitrogens with zero attached hydrogens (tertiary/aromatic N) is 2. The zero-order valence-corrected chi connectivity index (χ0v) is 10.7. The van der Waals surface area contributed by atoms with E-state index >= 15 is 0 Å². The number of anilines is 2. The number of benzene rings is 2. The number of rotatable bonds is 3. The van der Waals surface area contributed by atoms with Crippen LogP contribution in [0.2, 0.25) is 0 Å². The number of nitrogens with one attached hydrogen (secondary N) is 1. The number of carbonyl (C=O) groups is 1. The minimum Gasteiger partial charge on any atom is -0.285 e. The topological polar surface area (TPSA) is 49.0 Å². The molecule has 0 fully saturated rings. The average Bonchev–Trinajstić information content (AvgIpc) is 3.04. The number of aromatic amines is 1. The molecule has 1 aromatic heterocycles. The summed E-state index contributed by atoms with van der Waals surface area (Å²) in [5.74, 6) is -0.163. The van der Waals surface area contributed by atoms with Crippen LogP contribution in [-0.4, -0.2) is 16.1 Å². The fourth-order valence-electron chi connectivity index (χ4n) is 2.03. The zero-order valence-electron chi connectivity index (χ0n) is 10.7. The maximum Gasteiger partial charge on any atom is 0.283 e. The molecule has 0 aliphatic rings. The van der Waals surface area contributed by atoms with Gasteiger partial charge in [0.1, 0.15) is 0 Å². The molecule has 0 atom stereocenters. The normalized spacial score (nSPS) is 10.2. The highest BCUT2D eigenvalue weighted by molar-refractivity contribution is 6.09. The van der Waals surface area contributed by atoms with Gasteiger partial charge in [0.15, 0.2) is 5.69 Å². The van der Waals surface area contributed by atoms with Crippen molar-refractivity contribution in [2.24, 2.45) is 0 Å². The molecule has 1 N–H and O–H groups in total. The van der Waals surface area contributed by atoms with E-state index in [1.165, 1.54) is 0 Å². The van der Waals surface area contributed by atoms with Gasteiger partial charge in [0.2, 0.25) is 0 Å². The molecule has 0 saturated carbocycles. The molecule has 0 aliphatic carbocycles. The van der Waals surface area contributed by atoms with Crippen LogP contribution in [0.1, 0.15) is 10.5 Å². The molecule has 20 heavy (non-hydrogen) atoms. The molecule has 1 heterocycles. The van der Waals surface area contributed by atoms with Crippen LogP contribution in [0.4, 0.5) is 11.4 Å². The van der Waals surface area contributed by atoms with Crippen molar-refractivity contribution in [3.63, 3.8) is 0 Å². The lowest BCUT2D eigenvalue weighted by Crippen LogP contribution is -2.26. The van der Waals surface area contributed by atoms with Crippen molar-refractivity contribution in [2.45, 2.75) is 0 Å². The molecular formula is C16H13N3O. The van der Waals surface area contributed by atoms with Gasteiger partial charge in [-0.2, -0.15) is 5.10 Å². The third-order valence-corrected chi connectivity index (χ3v) is 2.95. The fraction of sp³-hybridized carbons (Fsp3) is 0. The summed E-state index contributed by atoms with van der Waals surface area (Å²) in [6.07, 6.45) is 1.64. The first kappa shape index (κ1) is 12.2. The molecule has 2 aromatic carbocycles. The predicted octanol–water partition coefficient (Wildman–Crippen LogP) is 3.39. The lowest BCUT2D eigenvalue weighted by atomic mass is 10.2. The van der Waals surface area contributed by atoms with Gasteiger partial charge in [-0.3, -0.25) is 14.8 Å². The number of hydrogen-bond donors (Lipinski definition) is 1. The van der Waals surface area contributed by atoms with Crippen LogP contribution in [-0.2, 0) is 0 Å². The van der Waals surface area contributed by atoms with Gasteiger partial charge in [-0.05, 0) is 30.3 Å². The number of H-pyrrole nitrogens is 1. The molecule has 4 heteroatoms. The molecule has 0 aliphatic heterocycles. The van der Waals surface area contributed by atoms with E-state index in [4.69, 9.17) is 0 Å². The van der Waals surface area contributed by atoms with Crippen LogP contribution in [0.15, 0.2) is 72.9 Å². The van der Waals surface area contributed by atoms with Gasteiger partial charge < -0.3 is 0 Å². The Balaban J connectivity index is 2.07. The van der Waals surface area contributed by atoms with E-state index in [0.29, 0.717) is 5.69 Å². The van der Waals surface area contributed by atoms with Gasteiger partial charge in [0, 0.05) is 17.6 Å². The summed E-state index contributed by atoms with van der Waals surface area (Å²) in [6, 6.07) is 20.7. The highest BCUT2D eigenvalue weighted by Gasteiger charge is 2.20. The first-order valence-corrected chi connectivity index (χ1v) is 6.30. The van der Waals surface area contributed by atoms with E-state index in [1.54, 1.807) is 17.2 Å². The molecule has 4 nitrogen and oxygen atoms in total. The molecule has 0 spiro atoms. The lowest BCUT2D eigenvalue weighted by Gasteiger charge is -2.22. The van der Waals surface area contributed by atoms with Crippen molar-refractivity contribution in [1.29, 1.82) is 0 Å². The largest absolute Gasteiger partial charge is 0.285 e. The Morgan fingerprint density at radius 3 is 1.85 bits per heavy atom. The summed E-state index contributed by atoms with van der Waals surface area (Å²) in [5, 5.41) is 6.64. The molecule has 0 radical (unpaired) electrons. The van der Waals surface area contributed by atoms with E-state index in [2.05, 4.69) is 10.2 Å². The van der Waals surface area contributed by atoms with Crippen LogP contribution in [0.25, 0.3) is 0 Å². The molecule has 0 unspecified atom stereocenters. The second kappa shape index (κ2) is 5.40. The zero-order chi connectivity index (χ0) is 13.8. The number of aromatic nitrogens is 2. The monoisotopic (exact) mass is 263 g/mol. The van der Waals surface area contributed by atoms with Crippen LogP contribution in [0.3, 0.4) is 0 Å². The highest BCUT2D eigenvalue weighted by Crippen LogP contribution is 2.26. The Morgan fingerprint density at radius 1 is 0.850 bits per heavy atom. The summed E-state index contributed by atoms with van der Waals surface area (Å²) in [7, 11) is 0. The van der Waals surface area contributed by atoms with E-state index < -0.39 is 0 Å². The SMILES string of the molecule is O=C(c1cc[nH]n1)N(c1ccccc1)c1ccccc1. The molecule has 3 rings (SSSR count). The van der Waals surface area contributed by atoms with Crippen molar-refractivity contribution in [3.8, 4) is 0 Å². The summed E-state index contributed by atoms with van der Waals surface area (Å²) >= 11 is 0. The lowest BCUT2D eigenvalue weighted by molar-refractivity contribution is 0.0994. The third kappa shape index (κ3) is 2.31. The van der Waals surface area contributed by atoms with Crippen molar-refractivity contribution in [1.82, 2.24) is 10.2 Å². The minimum atomic E-state index is -0.163. The molecule has 98 valence electrons. The predicted molar refractivity (Wildman–Crippen MR) is 77.9 cm³/mol. The quantitative estimate of drug-likeness (QED) is 0.787. The standard InChI is InChI=1S/C16H13N3O/c20-16(15-11-12-17-18-15)19(13-7-3-1-4-8-13)14-9-5-2-6-10-14/h1-12H,(H,17,18). The number of amides is 1. The average molecular weight is 263 g/mol. The van der Waals surface area contributed by atoms with Gasteiger partial charge in [-0.25, -0.2) is 0 Å². The molecule has 1 amide bonds. The molecule has 0 bridgehead atoms. The van der Waals surface area contributed by atoms with E-state index in [9.17, 15) is 4.79 Å². The Kier molecular flexibility index (Phi) is 3.29. The third-order valence-electron chi connectivity index (χ3n) is 2.95. The van der Waals surface area contributed by atoms with Crippen molar-refractivity contribution < 1.29 is 4.79 Å². The van der Waals surface area contributed by atoms with Gasteiger partial charge >= 0.3 is 0 Å². The summed E-state index contributed by atoms with van der Waals surface area (Å²) in [5.41, 5.74) is 2.01. The van der Waals surface area contributed by atoms with Crippen molar-refractivity contribution >= 4 is 17.3 Å². The first-order chi connectivity index (χ1) is 9.86. The van der Waals surface area contributed by atoms with Gasteiger partial charge in [-0.15, -0.1) is 0 Å². The summed E-state index contributed by atoms with van der Waals surface area (Å²) < 4.78 is 0. The summed E-state index contributed by atoms with van der Waals surface area (Å²) in [6.45, 7) is 0. The summed E-state index contributed by atoms with van der Waals surface area (Å²) in [4.78, 5) is 14.3. The van der Waals surface area contributed by atoms with Crippen molar-refractivity contribution in [3.05, 3.63) is 78.6 Å². The molecule has 0 saturated heterocycles. The molecule has 3 aromatic rings. The van der Waals surface area contributed by atoms with E-state index in [1.807, 2.05) is 60.7 Å². The second-order valence-corrected chi connectivity index (χ2v) is 4.27. The maximum absolute atomic E-state index is 12.7. The van der Waals surface area contributed by atoms with Crippen LogP contribution >= 0.6 is 0 Å². The van der Waals surface area contributed by atoms with Crippen LogP contribution in [0, 0.1) is 0 Å². The van der Waals surface area contributed by atoms with Gasteiger partial charge in [-0.1, -0.05) is 36.4 Å². The van der Waals surface area contributed by atoms with Crippen LogP contribution < -0.4 is 4.90 Å². The minimum absolute atomic E-state index is 0.163. The first-order valence-electron chi connectivity index (χ1n) is 6.30. The Bertz CT molecular complexity index is 639. The Labute approximate surface area is 116 Å². The second-order valence-electron chi connectivity index (χ2n) is 4.27. The van der Waals surface area contributed by atoms with Crippen molar-refractivity contribution in [2.75, 3.05) is 4.90 Å². The van der Waals surface area contributed by atoms with Crippen LogP contribution in [0.5, 0.6) is 0 Å². The number of carbonyl (C=O) groups excluding carboxylic acids is 1. The Morgan fingerprint density at radius 2 is 1.40 bits per heavy atom. The molecular weight excluding hydrogens is 250 g/mol. The Hall–Kier alpha value is -2.88. The number of para-hydroxylation sites is 2. The maximum atomic E-state index is 12.7. The smallest absolute Gasteiger partial charge is 0.283 e. The van der Waals surface area contributed by atoms with Gasteiger partial charge in [0.05, 0.1) is 0 Å². The van der Waals surface area contributed by atoms with E-state index in [0.717, 1.165) is 11.4 Å². The highest BCUT2D eigenvalue weighted by atomic mass is 16.2. The fourth-order valence-corrected chi connectivity index (χ4v) is 2.03. The number of hydrogen-bond acceptors (Lipinski definition) is 2. The van der Waals surface area contributed by atoms with E-state index in [-0.39, 0.29) is 5.91 Å². The van der Waals surface area contributed by atoms with Gasteiger partial charge in [0.25, 0.3) is 5.91 Å².